The van der Waals surface area contributed by atoms with Gasteiger partial charge in [0.15, 0.2) is 0 Å². The lowest BCUT2D eigenvalue weighted by Gasteiger charge is -2.27. The lowest BCUT2D eigenvalue weighted by molar-refractivity contribution is -0.121. The van der Waals surface area contributed by atoms with Crippen LogP contribution in [0.5, 0.6) is 0 Å². The zero-order chi connectivity index (χ0) is 20.5. The number of carbonyl (C=O) groups excluding carboxylic acids is 2. The number of nitrogens with one attached hydrogen (secondary N) is 2. The highest BCUT2D eigenvalue weighted by molar-refractivity contribution is 5.97. The van der Waals surface area contributed by atoms with E-state index in [9.17, 15) is 9.59 Å². The van der Waals surface area contributed by atoms with Gasteiger partial charge in [0.05, 0.1) is 12.2 Å². The van der Waals surface area contributed by atoms with E-state index in [1.165, 1.54) is 19.3 Å². The van der Waals surface area contributed by atoms with Crippen LogP contribution in [-0.2, 0) is 11.3 Å². The Morgan fingerprint density at radius 2 is 1.90 bits per heavy atom. The number of hydrogen-bond acceptors (Lipinski definition) is 3. The van der Waals surface area contributed by atoms with Crippen LogP contribution in [0.1, 0.15) is 67.9 Å². The molecule has 154 valence electrons. The normalized spacial score (nSPS) is 18.8. The van der Waals surface area contributed by atoms with E-state index < -0.39 is 0 Å². The van der Waals surface area contributed by atoms with Gasteiger partial charge < -0.3 is 10.6 Å². The maximum atomic E-state index is 12.7. The van der Waals surface area contributed by atoms with Crippen LogP contribution in [0.4, 0.5) is 5.69 Å². The highest BCUT2D eigenvalue weighted by Gasteiger charge is 2.26. The van der Waals surface area contributed by atoms with Gasteiger partial charge in [-0.25, -0.2) is 0 Å². The van der Waals surface area contributed by atoms with Crippen LogP contribution in [0, 0.1) is 11.8 Å². The molecule has 2 amide bonds. The molecule has 0 unspecified atom stereocenters. The molecule has 0 saturated heterocycles. The van der Waals surface area contributed by atoms with Crippen LogP contribution in [-0.4, -0.2) is 16.8 Å². The van der Waals surface area contributed by atoms with Crippen molar-refractivity contribution >= 4 is 17.5 Å². The van der Waals surface area contributed by atoms with E-state index in [1.807, 2.05) is 24.3 Å². The smallest absolute Gasteiger partial charge is 0.251 e. The fourth-order valence-corrected chi connectivity index (χ4v) is 3.96. The quantitative estimate of drug-likeness (QED) is 0.667. The molecule has 0 aliphatic heterocycles. The first-order chi connectivity index (χ1) is 14.2. The lowest BCUT2D eigenvalue weighted by atomic mass is 9.79. The van der Waals surface area contributed by atoms with Crippen molar-refractivity contribution in [2.24, 2.45) is 11.8 Å². The summed E-state index contributed by atoms with van der Waals surface area (Å²) in [7, 11) is 0. The Bertz CT molecular complexity index is 799. The second-order valence-electron chi connectivity index (χ2n) is 7.93. The van der Waals surface area contributed by atoms with Gasteiger partial charge in [0.2, 0.25) is 5.91 Å². The summed E-state index contributed by atoms with van der Waals surface area (Å²) in [5, 5.41) is 5.87. The Morgan fingerprint density at radius 3 is 2.62 bits per heavy atom. The molecule has 5 heteroatoms. The standard InChI is InChI=1S/C24H31N3O2/c1-2-3-7-18-11-13-19(14-12-18)24(29)27-21-10-6-8-20(16-21)23(28)26-17-22-9-4-5-15-25-22/h4-6,8-10,15-16,18-19H,2-3,7,11-14,17H2,1H3,(H,26,28)(H,27,29). The Labute approximate surface area is 173 Å². The predicted octanol–water partition coefficient (Wildman–Crippen LogP) is 4.95. The first kappa shape index (κ1) is 21.0. The second-order valence-corrected chi connectivity index (χ2v) is 7.93. The summed E-state index contributed by atoms with van der Waals surface area (Å²) in [5.74, 6) is 0.757. The van der Waals surface area contributed by atoms with E-state index in [0.717, 1.165) is 37.3 Å². The number of amides is 2. The second kappa shape index (κ2) is 10.7. The molecule has 0 radical (unpaired) electrons. The first-order valence-corrected chi connectivity index (χ1v) is 10.7. The predicted molar refractivity (Wildman–Crippen MR) is 115 cm³/mol. The van der Waals surface area contributed by atoms with Crippen molar-refractivity contribution in [3.05, 3.63) is 59.9 Å². The Morgan fingerprint density at radius 1 is 1.07 bits per heavy atom. The molecule has 1 aliphatic carbocycles. The third-order valence-electron chi connectivity index (χ3n) is 5.73. The minimum Gasteiger partial charge on any atom is -0.346 e. The van der Waals surface area contributed by atoms with Crippen molar-refractivity contribution in [1.82, 2.24) is 10.3 Å². The van der Waals surface area contributed by atoms with Crippen LogP contribution >= 0.6 is 0 Å². The molecule has 0 atom stereocenters. The summed E-state index contributed by atoms with van der Waals surface area (Å²) >= 11 is 0. The molecule has 1 saturated carbocycles. The van der Waals surface area contributed by atoms with Gasteiger partial charge in [0, 0.05) is 23.4 Å². The van der Waals surface area contributed by atoms with Crippen LogP contribution < -0.4 is 10.6 Å². The average Bonchev–Trinajstić information content (AvgIpc) is 2.77. The van der Waals surface area contributed by atoms with Gasteiger partial charge in [-0.15, -0.1) is 0 Å². The molecule has 2 N–H and O–H groups in total. The molecule has 5 nitrogen and oxygen atoms in total. The van der Waals surface area contributed by atoms with Gasteiger partial charge in [-0.1, -0.05) is 38.3 Å². The maximum Gasteiger partial charge on any atom is 0.251 e. The van der Waals surface area contributed by atoms with Crippen molar-refractivity contribution in [2.75, 3.05) is 5.32 Å². The van der Waals surface area contributed by atoms with Crippen LogP contribution in [0.2, 0.25) is 0 Å². The fraction of sp³-hybridized carbons (Fsp3) is 0.458. The van der Waals surface area contributed by atoms with E-state index in [1.54, 1.807) is 24.4 Å². The van der Waals surface area contributed by atoms with Crippen molar-refractivity contribution < 1.29 is 9.59 Å². The summed E-state index contributed by atoms with van der Waals surface area (Å²) in [6, 6.07) is 12.7. The molecule has 1 fully saturated rings. The number of anilines is 1. The van der Waals surface area contributed by atoms with Gasteiger partial charge in [-0.3, -0.25) is 14.6 Å². The van der Waals surface area contributed by atoms with Crippen molar-refractivity contribution in [2.45, 2.75) is 58.4 Å². The molecule has 1 heterocycles. The third kappa shape index (κ3) is 6.41. The van der Waals surface area contributed by atoms with Crippen LogP contribution in [0.25, 0.3) is 0 Å². The fourth-order valence-electron chi connectivity index (χ4n) is 3.96. The van der Waals surface area contributed by atoms with Gasteiger partial charge in [0.1, 0.15) is 0 Å². The monoisotopic (exact) mass is 393 g/mol. The minimum atomic E-state index is -0.178. The van der Waals surface area contributed by atoms with Gasteiger partial charge in [0.25, 0.3) is 5.91 Å². The minimum absolute atomic E-state index is 0.0741. The van der Waals surface area contributed by atoms with Gasteiger partial charge in [-0.05, 0) is 61.9 Å². The van der Waals surface area contributed by atoms with E-state index in [2.05, 4.69) is 22.5 Å². The zero-order valence-corrected chi connectivity index (χ0v) is 17.2. The Hall–Kier alpha value is -2.69. The number of benzene rings is 1. The summed E-state index contributed by atoms with van der Waals surface area (Å²) in [6.07, 6.45) is 9.75. The topological polar surface area (TPSA) is 71.1 Å². The average molecular weight is 394 g/mol. The van der Waals surface area contributed by atoms with Crippen LogP contribution in [0.3, 0.4) is 0 Å². The number of nitrogens with zero attached hydrogens (tertiary/aromatic N) is 1. The van der Waals surface area contributed by atoms with Gasteiger partial charge >= 0.3 is 0 Å². The van der Waals surface area contributed by atoms with E-state index >= 15 is 0 Å². The number of hydrogen-bond donors (Lipinski definition) is 2. The highest BCUT2D eigenvalue weighted by atomic mass is 16.2. The largest absolute Gasteiger partial charge is 0.346 e. The number of aromatic nitrogens is 1. The Kier molecular flexibility index (Phi) is 7.79. The first-order valence-electron chi connectivity index (χ1n) is 10.7. The molecular weight excluding hydrogens is 362 g/mol. The van der Waals surface area contributed by atoms with Crippen molar-refractivity contribution in [3.8, 4) is 0 Å². The molecule has 29 heavy (non-hydrogen) atoms. The zero-order valence-electron chi connectivity index (χ0n) is 17.2. The lowest BCUT2D eigenvalue weighted by Crippen LogP contribution is -2.27. The highest BCUT2D eigenvalue weighted by Crippen LogP contribution is 2.32. The molecular formula is C24H31N3O2. The number of unbranched alkanes of at least 4 members (excludes halogenated alkanes) is 1. The summed E-state index contributed by atoms with van der Waals surface area (Å²) in [6.45, 7) is 2.60. The SMILES string of the molecule is CCCCC1CCC(C(=O)Nc2cccc(C(=O)NCc3ccccn3)c2)CC1. The number of carbonyl (C=O) groups is 2. The molecule has 1 aromatic carbocycles. The van der Waals surface area contributed by atoms with Crippen molar-refractivity contribution in [3.63, 3.8) is 0 Å². The summed E-state index contributed by atoms with van der Waals surface area (Å²) in [4.78, 5) is 29.3. The number of pyridine rings is 1. The summed E-state index contributed by atoms with van der Waals surface area (Å²) in [5.41, 5.74) is 2.01. The van der Waals surface area contributed by atoms with E-state index in [-0.39, 0.29) is 17.7 Å². The van der Waals surface area contributed by atoms with E-state index in [4.69, 9.17) is 0 Å². The number of rotatable bonds is 8. The third-order valence-corrected chi connectivity index (χ3v) is 5.73. The molecule has 0 bridgehead atoms. The van der Waals surface area contributed by atoms with Crippen molar-refractivity contribution in [1.29, 1.82) is 0 Å². The van der Waals surface area contributed by atoms with E-state index in [0.29, 0.717) is 17.8 Å². The summed E-state index contributed by atoms with van der Waals surface area (Å²) < 4.78 is 0. The maximum absolute atomic E-state index is 12.7. The van der Waals surface area contributed by atoms with Gasteiger partial charge in [-0.2, -0.15) is 0 Å². The molecule has 1 aromatic heterocycles. The molecule has 3 rings (SSSR count). The van der Waals surface area contributed by atoms with Crippen LogP contribution in [0.15, 0.2) is 48.7 Å². The Balaban J connectivity index is 1.50. The molecule has 0 spiro atoms. The molecule has 1 aliphatic rings. The molecule has 2 aromatic rings.